The summed E-state index contributed by atoms with van der Waals surface area (Å²) in [6.45, 7) is 6.35. The van der Waals surface area contributed by atoms with Crippen molar-refractivity contribution in [2.75, 3.05) is 50.1 Å². The van der Waals surface area contributed by atoms with Crippen molar-refractivity contribution in [1.29, 1.82) is 0 Å². The van der Waals surface area contributed by atoms with Gasteiger partial charge in [0.15, 0.2) is 5.69 Å². The Labute approximate surface area is 141 Å². The van der Waals surface area contributed by atoms with E-state index in [1.165, 1.54) is 0 Å². The first-order valence-corrected chi connectivity index (χ1v) is 7.94. The fourth-order valence-electron chi connectivity index (χ4n) is 2.65. The van der Waals surface area contributed by atoms with Gasteiger partial charge in [-0.25, -0.2) is 4.98 Å². The first-order chi connectivity index (χ1) is 11.4. The number of anilines is 2. The Kier molecular flexibility index (Phi) is 4.37. The van der Waals surface area contributed by atoms with Gasteiger partial charge < -0.3 is 19.2 Å². The average molecular weight is 330 g/mol. The number of aromatic nitrogens is 3. The van der Waals surface area contributed by atoms with Crippen LogP contribution in [-0.4, -0.2) is 66.2 Å². The summed E-state index contributed by atoms with van der Waals surface area (Å²) in [6.07, 6.45) is 0. The Balaban J connectivity index is 1.68. The number of aryl methyl sites for hydroxylation is 2. The summed E-state index contributed by atoms with van der Waals surface area (Å²) in [5, 5.41) is 3.80. The molecule has 2 aromatic heterocycles. The highest BCUT2D eigenvalue weighted by atomic mass is 16.5. The van der Waals surface area contributed by atoms with Crippen molar-refractivity contribution in [3.63, 3.8) is 0 Å². The highest BCUT2D eigenvalue weighted by Gasteiger charge is 2.25. The van der Waals surface area contributed by atoms with E-state index in [-0.39, 0.29) is 5.91 Å². The smallest absolute Gasteiger partial charge is 0.276 e. The van der Waals surface area contributed by atoms with E-state index >= 15 is 0 Å². The normalized spacial score (nSPS) is 14.8. The molecule has 0 spiro atoms. The third kappa shape index (κ3) is 3.32. The SMILES string of the molecule is Cc1cc(N(C)C)nc(N2CCN(C(=O)c3cc(C)on3)CC2)n1. The van der Waals surface area contributed by atoms with Crippen LogP contribution in [-0.2, 0) is 0 Å². The van der Waals surface area contributed by atoms with E-state index in [0.29, 0.717) is 43.6 Å². The predicted octanol–water partition coefficient (Wildman–Crippen LogP) is 1.11. The third-order valence-electron chi connectivity index (χ3n) is 3.98. The third-order valence-corrected chi connectivity index (χ3v) is 3.98. The van der Waals surface area contributed by atoms with Crippen molar-refractivity contribution in [3.8, 4) is 0 Å². The van der Waals surface area contributed by atoms with Gasteiger partial charge in [-0.15, -0.1) is 0 Å². The van der Waals surface area contributed by atoms with Gasteiger partial charge >= 0.3 is 0 Å². The van der Waals surface area contributed by atoms with E-state index in [0.717, 1.165) is 11.5 Å². The predicted molar refractivity (Wildman–Crippen MR) is 90.5 cm³/mol. The Hall–Kier alpha value is -2.64. The largest absolute Gasteiger partial charge is 0.363 e. The quantitative estimate of drug-likeness (QED) is 0.834. The van der Waals surface area contributed by atoms with Crippen molar-refractivity contribution in [1.82, 2.24) is 20.0 Å². The molecule has 1 saturated heterocycles. The summed E-state index contributed by atoms with van der Waals surface area (Å²) in [5.74, 6) is 2.14. The van der Waals surface area contributed by atoms with Crippen molar-refractivity contribution in [2.24, 2.45) is 0 Å². The van der Waals surface area contributed by atoms with E-state index in [2.05, 4.69) is 20.0 Å². The molecule has 128 valence electrons. The van der Waals surface area contributed by atoms with Crippen LogP contribution in [0.1, 0.15) is 21.9 Å². The lowest BCUT2D eigenvalue weighted by Crippen LogP contribution is -2.49. The molecule has 1 aliphatic rings. The Bertz CT molecular complexity index is 734. The molecule has 0 aromatic carbocycles. The first-order valence-electron chi connectivity index (χ1n) is 7.94. The van der Waals surface area contributed by atoms with Gasteiger partial charge in [0.25, 0.3) is 5.91 Å². The van der Waals surface area contributed by atoms with Crippen LogP contribution < -0.4 is 9.80 Å². The van der Waals surface area contributed by atoms with Gasteiger partial charge in [0.1, 0.15) is 11.6 Å². The second-order valence-electron chi connectivity index (χ2n) is 6.16. The molecule has 0 saturated carbocycles. The lowest BCUT2D eigenvalue weighted by atomic mass is 10.2. The number of nitrogens with zero attached hydrogens (tertiary/aromatic N) is 6. The van der Waals surface area contributed by atoms with Crippen molar-refractivity contribution < 1.29 is 9.32 Å². The molecule has 2 aromatic rings. The molecule has 0 aliphatic carbocycles. The van der Waals surface area contributed by atoms with Crippen LogP contribution >= 0.6 is 0 Å². The maximum atomic E-state index is 12.4. The first kappa shape index (κ1) is 16.2. The molecule has 3 heterocycles. The lowest BCUT2D eigenvalue weighted by molar-refractivity contribution is 0.0735. The molecule has 0 bridgehead atoms. The molecule has 8 nitrogen and oxygen atoms in total. The molecule has 8 heteroatoms. The van der Waals surface area contributed by atoms with Gasteiger partial charge in [-0.2, -0.15) is 4.98 Å². The monoisotopic (exact) mass is 330 g/mol. The molecule has 3 rings (SSSR count). The van der Waals surface area contributed by atoms with Gasteiger partial charge in [-0.05, 0) is 13.8 Å². The number of amides is 1. The summed E-state index contributed by atoms with van der Waals surface area (Å²) in [5.41, 5.74) is 1.29. The van der Waals surface area contributed by atoms with Crippen molar-refractivity contribution >= 4 is 17.7 Å². The zero-order valence-corrected chi connectivity index (χ0v) is 14.5. The summed E-state index contributed by atoms with van der Waals surface area (Å²) < 4.78 is 4.98. The standard InChI is InChI=1S/C16H22N6O2/c1-11-9-14(20(3)4)18-16(17-11)22-7-5-21(6-8-22)15(23)13-10-12(2)24-19-13/h9-10H,5-8H2,1-4H3. The topological polar surface area (TPSA) is 78.6 Å². The van der Waals surface area contributed by atoms with Gasteiger partial charge in [-0.1, -0.05) is 5.16 Å². The van der Waals surface area contributed by atoms with Gasteiger partial charge in [0.2, 0.25) is 5.95 Å². The minimum atomic E-state index is -0.0920. The second-order valence-corrected chi connectivity index (χ2v) is 6.16. The Morgan fingerprint density at radius 2 is 1.83 bits per heavy atom. The number of hydrogen-bond acceptors (Lipinski definition) is 7. The maximum Gasteiger partial charge on any atom is 0.276 e. The highest BCUT2D eigenvalue weighted by Crippen LogP contribution is 2.18. The van der Waals surface area contributed by atoms with Gasteiger partial charge in [0, 0.05) is 58.1 Å². The maximum absolute atomic E-state index is 12.4. The van der Waals surface area contributed by atoms with E-state index in [1.54, 1.807) is 17.9 Å². The molecule has 1 aliphatic heterocycles. The van der Waals surface area contributed by atoms with Crippen LogP contribution in [0.4, 0.5) is 11.8 Å². The van der Waals surface area contributed by atoms with E-state index in [1.807, 2.05) is 32.0 Å². The molecule has 1 amide bonds. The van der Waals surface area contributed by atoms with Crippen LogP contribution in [0.2, 0.25) is 0 Å². The second kappa shape index (κ2) is 6.46. The number of carbonyl (C=O) groups is 1. The summed E-state index contributed by atoms with van der Waals surface area (Å²) in [6, 6.07) is 3.62. The van der Waals surface area contributed by atoms with E-state index < -0.39 is 0 Å². The summed E-state index contributed by atoms with van der Waals surface area (Å²) >= 11 is 0. The Morgan fingerprint density at radius 3 is 2.42 bits per heavy atom. The lowest BCUT2D eigenvalue weighted by Gasteiger charge is -2.34. The number of hydrogen-bond donors (Lipinski definition) is 0. The van der Waals surface area contributed by atoms with Crippen molar-refractivity contribution in [3.05, 3.63) is 29.3 Å². The summed E-state index contributed by atoms with van der Waals surface area (Å²) in [7, 11) is 3.92. The minimum Gasteiger partial charge on any atom is -0.363 e. The zero-order valence-electron chi connectivity index (χ0n) is 14.5. The van der Waals surface area contributed by atoms with Crippen LogP contribution in [0.25, 0.3) is 0 Å². The zero-order chi connectivity index (χ0) is 17.3. The van der Waals surface area contributed by atoms with Crippen LogP contribution in [0.3, 0.4) is 0 Å². The summed E-state index contributed by atoms with van der Waals surface area (Å²) in [4.78, 5) is 27.4. The molecular formula is C16H22N6O2. The molecular weight excluding hydrogens is 308 g/mol. The molecule has 1 fully saturated rings. The average Bonchev–Trinajstić information content (AvgIpc) is 3.00. The Morgan fingerprint density at radius 1 is 1.12 bits per heavy atom. The fraction of sp³-hybridized carbons (Fsp3) is 0.500. The van der Waals surface area contributed by atoms with Crippen LogP contribution in [0.5, 0.6) is 0 Å². The number of rotatable bonds is 3. The number of carbonyl (C=O) groups excluding carboxylic acids is 1. The highest BCUT2D eigenvalue weighted by molar-refractivity contribution is 5.92. The molecule has 0 radical (unpaired) electrons. The molecule has 24 heavy (non-hydrogen) atoms. The fourth-order valence-corrected chi connectivity index (χ4v) is 2.65. The van der Waals surface area contributed by atoms with Crippen LogP contribution in [0.15, 0.2) is 16.7 Å². The van der Waals surface area contributed by atoms with E-state index in [9.17, 15) is 4.79 Å². The van der Waals surface area contributed by atoms with Gasteiger partial charge in [-0.3, -0.25) is 4.79 Å². The van der Waals surface area contributed by atoms with E-state index in [4.69, 9.17) is 4.52 Å². The minimum absolute atomic E-state index is 0.0920. The molecule has 0 unspecified atom stereocenters. The number of piperazine rings is 1. The molecule has 0 atom stereocenters. The molecule has 0 N–H and O–H groups in total. The van der Waals surface area contributed by atoms with Gasteiger partial charge in [0.05, 0.1) is 0 Å². The van der Waals surface area contributed by atoms with Crippen LogP contribution in [0, 0.1) is 13.8 Å². The van der Waals surface area contributed by atoms with Crippen molar-refractivity contribution in [2.45, 2.75) is 13.8 Å².